The molecule has 1 heterocycles. The third-order valence-corrected chi connectivity index (χ3v) is 7.29. The minimum absolute atomic E-state index is 0.0211. The van der Waals surface area contributed by atoms with Gasteiger partial charge in [-0.25, -0.2) is 12.7 Å². The molecule has 132 valence electrons. The second-order valence-corrected chi connectivity index (χ2v) is 9.31. The van der Waals surface area contributed by atoms with E-state index in [0.29, 0.717) is 11.5 Å². The second kappa shape index (κ2) is 6.84. The highest BCUT2D eigenvalue weighted by atomic mass is 32.2. The van der Waals surface area contributed by atoms with Crippen LogP contribution in [0.4, 0.5) is 0 Å². The van der Waals surface area contributed by atoms with Gasteiger partial charge in [-0.2, -0.15) is 0 Å². The molecule has 0 aromatic heterocycles. The van der Waals surface area contributed by atoms with E-state index in [9.17, 15) is 13.2 Å². The quantitative estimate of drug-likeness (QED) is 0.842. The molecule has 6 heteroatoms. The van der Waals surface area contributed by atoms with Crippen molar-refractivity contribution in [3.05, 3.63) is 29.8 Å². The molecule has 1 aromatic carbocycles. The lowest BCUT2D eigenvalue weighted by Crippen LogP contribution is -2.44. The van der Waals surface area contributed by atoms with Gasteiger partial charge >= 0.3 is 0 Å². The fraction of sp³-hybridized carbons (Fsp3) is 0.611. The molecule has 0 unspecified atom stereocenters. The number of carbonyl (C=O) groups excluding carboxylic acids is 1. The van der Waals surface area contributed by atoms with Crippen LogP contribution in [0.15, 0.2) is 29.2 Å². The smallest absolute Gasteiger partial charge is 0.253 e. The van der Waals surface area contributed by atoms with Crippen molar-refractivity contribution in [2.24, 2.45) is 11.8 Å². The van der Waals surface area contributed by atoms with E-state index >= 15 is 0 Å². The van der Waals surface area contributed by atoms with Crippen LogP contribution in [-0.4, -0.2) is 50.7 Å². The summed E-state index contributed by atoms with van der Waals surface area (Å²) in [5, 5.41) is 0. The molecule has 24 heavy (non-hydrogen) atoms. The number of hydrogen-bond acceptors (Lipinski definition) is 3. The van der Waals surface area contributed by atoms with Crippen molar-refractivity contribution < 1.29 is 13.2 Å². The molecule has 5 nitrogen and oxygen atoms in total. The minimum atomic E-state index is -3.45. The highest BCUT2D eigenvalue weighted by Gasteiger charge is 2.33. The topological polar surface area (TPSA) is 57.7 Å². The zero-order valence-electron chi connectivity index (χ0n) is 14.4. The molecular formula is C18H26N2O3S. The third-order valence-electron chi connectivity index (χ3n) is 5.46. The van der Waals surface area contributed by atoms with E-state index in [1.807, 2.05) is 4.90 Å². The number of piperidine rings is 1. The summed E-state index contributed by atoms with van der Waals surface area (Å²) in [7, 11) is -0.446. The third kappa shape index (κ3) is 3.35. The van der Waals surface area contributed by atoms with Gasteiger partial charge in [0, 0.05) is 32.7 Å². The lowest BCUT2D eigenvalue weighted by molar-refractivity contribution is 0.0521. The summed E-state index contributed by atoms with van der Waals surface area (Å²) in [6.07, 6.45) is 6.25. The molecule has 1 saturated carbocycles. The van der Waals surface area contributed by atoms with Gasteiger partial charge in [0.05, 0.1) is 4.90 Å². The lowest BCUT2D eigenvalue weighted by atomic mass is 9.75. The van der Waals surface area contributed by atoms with Crippen LogP contribution in [0.1, 0.15) is 42.5 Å². The van der Waals surface area contributed by atoms with E-state index in [1.165, 1.54) is 56.2 Å². The van der Waals surface area contributed by atoms with E-state index < -0.39 is 10.0 Å². The lowest BCUT2D eigenvalue weighted by Gasteiger charge is -2.41. The van der Waals surface area contributed by atoms with E-state index in [0.717, 1.165) is 25.4 Å². The van der Waals surface area contributed by atoms with Gasteiger partial charge in [0.2, 0.25) is 10.0 Å². The second-order valence-electron chi connectivity index (χ2n) is 7.16. The Labute approximate surface area is 144 Å². The fourth-order valence-corrected chi connectivity index (χ4v) is 4.85. The average Bonchev–Trinajstić information content (AvgIpc) is 2.60. The van der Waals surface area contributed by atoms with Gasteiger partial charge in [-0.15, -0.1) is 0 Å². The molecule has 2 atom stereocenters. The predicted octanol–water partition coefficient (Wildman–Crippen LogP) is 2.59. The van der Waals surface area contributed by atoms with Crippen LogP contribution >= 0.6 is 0 Å². The zero-order valence-corrected chi connectivity index (χ0v) is 15.3. The summed E-state index contributed by atoms with van der Waals surface area (Å²) >= 11 is 0. The number of carbonyl (C=O) groups is 1. The summed E-state index contributed by atoms with van der Waals surface area (Å²) in [6, 6.07) is 6.31. The van der Waals surface area contributed by atoms with Crippen LogP contribution in [0.2, 0.25) is 0 Å². The van der Waals surface area contributed by atoms with E-state index in [1.54, 1.807) is 12.1 Å². The number of sulfonamides is 1. The van der Waals surface area contributed by atoms with Crippen LogP contribution in [0.5, 0.6) is 0 Å². The molecule has 1 saturated heterocycles. The molecule has 1 aliphatic heterocycles. The summed E-state index contributed by atoms with van der Waals surface area (Å²) in [5.74, 6) is 1.45. The first-order valence-electron chi connectivity index (χ1n) is 8.71. The van der Waals surface area contributed by atoms with Crippen molar-refractivity contribution in [3.8, 4) is 0 Å². The van der Waals surface area contributed by atoms with Gasteiger partial charge in [-0.05, 0) is 48.9 Å². The Bertz CT molecular complexity index is 697. The molecule has 0 N–H and O–H groups in total. The average molecular weight is 350 g/mol. The van der Waals surface area contributed by atoms with Gasteiger partial charge in [-0.1, -0.05) is 19.3 Å². The Morgan fingerprint density at radius 1 is 1.04 bits per heavy atom. The summed E-state index contributed by atoms with van der Waals surface area (Å²) in [4.78, 5) is 14.9. The maximum atomic E-state index is 12.7. The number of hydrogen-bond donors (Lipinski definition) is 0. The summed E-state index contributed by atoms with van der Waals surface area (Å²) < 4.78 is 25.4. The standard InChI is InChI=1S/C18H26N2O3S/c1-19(2)24(22,23)17-9-7-15(8-10-17)18(21)20-12-11-14-5-3-4-6-16(14)13-20/h7-10,14,16H,3-6,11-13H2,1-2H3/t14-,16-/m0/s1. The van der Waals surface area contributed by atoms with Crippen LogP contribution < -0.4 is 0 Å². The van der Waals surface area contributed by atoms with Crippen LogP contribution in [0, 0.1) is 11.8 Å². The Balaban J connectivity index is 1.71. The molecule has 3 rings (SSSR count). The first kappa shape index (κ1) is 17.4. The summed E-state index contributed by atoms with van der Waals surface area (Å²) in [6.45, 7) is 1.67. The summed E-state index contributed by atoms with van der Waals surface area (Å²) in [5.41, 5.74) is 0.571. The first-order valence-corrected chi connectivity index (χ1v) is 10.2. The van der Waals surface area contributed by atoms with Crippen molar-refractivity contribution in [3.63, 3.8) is 0 Å². The number of rotatable bonds is 3. The molecule has 2 aliphatic rings. The normalized spacial score (nSPS) is 24.7. The van der Waals surface area contributed by atoms with Crippen LogP contribution in [-0.2, 0) is 10.0 Å². The van der Waals surface area contributed by atoms with Gasteiger partial charge in [0.15, 0.2) is 0 Å². The van der Waals surface area contributed by atoms with Crippen LogP contribution in [0.3, 0.4) is 0 Å². The van der Waals surface area contributed by atoms with Crippen molar-refractivity contribution >= 4 is 15.9 Å². The SMILES string of the molecule is CN(C)S(=O)(=O)c1ccc(C(=O)N2CC[C@@H]3CCCC[C@H]3C2)cc1. The number of fused-ring (bicyclic) bond motifs is 1. The largest absolute Gasteiger partial charge is 0.338 e. The molecule has 2 fully saturated rings. The molecule has 0 bridgehead atoms. The Kier molecular flexibility index (Phi) is 4.97. The van der Waals surface area contributed by atoms with E-state index in [4.69, 9.17) is 0 Å². The fourth-order valence-electron chi connectivity index (χ4n) is 3.95. The molecule has 1 aliphatic carbocycles. The van der Waals surface area contributed by atoms with Crippen molar-refractivity contribution in [1.29, 1.82) is 0 Å². The Morgan fingerprint density at radius 3 is 2.29 bits per heavy atom. The zero-order chi connectivity index (χ0) is 17.3. The van der Waals surface area contributed by atoms with Crippen molar-refractivity contribution in [1.82, 2.24) is 9.21 Å². The van der Waals surface area contributed by atoms with Gasteiger partial charge in [0.1, 0.15) is 0 Å². The Morgan fingerprint density at radius 2 is 1.67 bits per heavy atom. The number of benzene rings is 1. The van der Waals surface area contributed by atoms with Crippen molar-refractivity contribution in [2.75, 3.05) is 27.2 Å². The van der Waals surface area contributed by atoms with E-state index in [-0.39, 0.29) is 10.8 Å². The number of likely N-dealkylation sites (tertiary alicyclic amines) is 1. The highest BCUT2D eigenvalue weighted by molar-refractivity contribution is 7.89. The van der Waals surface area contributed by atoms with Crippen LogP contribution in [0.25, 0.3) is 0 Å². The van der Waals surface area contributed by atoms with Gasteiger partial charge < -0.3 is 4.90 Å². The van der Waals surface area contributed by atoms with Gasteiger partial charge in [0.25, 0.3) is 5.91 Å². The number of amides is 1. The van der Waals surface area contributed by atoms with E-state index in [2.05, 4.69) is 0 Å². The molecule has 0 radical (unpaired) electrons. The maximum Gasteiger partial charge on any atom is 0.253 e. The first-order chi connectivity index (χ1) is 11.4. The highest BCUT2D eigenvalue weighted by Crippen LogP contribution is 2.36. The maximum absolute atomic E-state index is 12.7. The molecule has 0 spiro atoms. The molecule has 1 amide bonds. The predicted molar refractivity (Wildman–Crippen MR) is 93.3 cm³/mol. The van der Waals surface area contributed by atoms with Crippen molar-refractivity contribution in [2.45, 2.75) is 37.0 Å². The minimum Gasteiger partial charge on any atom is -0.338 e. The molecule has 1 aromatic rings. The Hall–Kier alpha value is -1.40. The number of nitrogens with zero attached hydrogens (tertiary/aromatic N) is 2. The monoisotopic (exact) mass is 350 g/mol. The van der Waals surface area contributed by atoms with Gasteiger partial charge in [-0.3, -0.25) is 4.79 Å². The molecular weight excluding hydrogens is 324 g/mol.